The highest BCUT2D eigenvalue weighted by molar-refractivity contribution is 5.92. The zero-order valence-electron chi connectivity index (χ0n) is 8.49. The van der Waals surface area contributed by atoms with E-state index in [9.17, 15) is 9.32 Å². The Labute approximate surface area is 87.0 Å². The number of rotatable bonds is 3. The molecule has 1 aromatic carbocycles. The molecule has 1 rings (SSSR count). The maximum absolute atomic E-state index is 11.8. The largest absolute Gasteiger partial charge is 0.496 e. The molecular weight excluding hydrogens is 199 g/mol. The number of carbonyl (C=O) groups is 1. The van der Waals surface area contributed by atoms with Gasteiger partial charge < -0.3 is 4.74 Å². The maximum Gasteiger partial charge on any atom is 0.383 e. The molecule has 0 heterocycles. The molecule has 0 aliphatic rings. The van der Waals surface area contributed by atoms with E-state index in [0.717, 1.165) is 5.56 Å². The maximum atomic E-state index is 11.8. The standard InChI is InChI=1S/C11H11FO3/c1-3-4-8-5-6-10(14-2)9(7-8)11(13)15-12/h3-7H,1-2H3/b4-3+. The summed E-state index contributed by atoms with van der Waals surface area (Å²) in [7, 11) is 1.40. The molecule has 0 aliphatic heterocycles. The number of hydrogen-bond acceptors (Lipinski definition) is 3. The van der Waals surface area contributed by atoms with E-state index in [1.807, 2.05) is 13.0 Å². The summed E-state index contributed by atoms with van der Waals surface area (Å²) in [5, 5.41) is 0. The molecule has 0 radical (unpaired) electrons. The molecule has 0 aliphatic carbocycles. The lowest BCUT2D eigenvalue weighted by atomic mass is 10.1. The van der Waals surface area contributed by atoms with Crippen LogP contribution in [0.5, 0.6) is 5.75 Å². The van der Waals surface area contributed by atoms with Crippen LogP contribution in [0.1, 0.15) is 22.8 Å². The zero-order valence-corrected chi connectivity index (χ0v) is 8.49. The Kier molecular flexibility index (Phi) is 3.85. The van der Waals surface area contributed by atoms with E-state index in [4.69, 9.17) is 4.74 Å². The van der Waals surface area contributed by atoms with Gasteiger partial charge in [-0.05, 0) is 24.6 Å². The first-order chi connectivity index (χ1) is 7.22. The molecule has 0 amide bonds. The predicted octanol–water partition coefficient (Wildman–Crippen LogP) is 2.77. The summed E-state index contributed by atoms with van der Waals surface area (Å²) in [5.41, 5.74) is 0.842. The second-order valence-corrected chi connectivity index (χ2v) is 2.82. The topological polar surface area (TPSA) is 35.5 Å². The molecule has 15 heavy (non-hydrogen) atoms. The van der Waals surface area contributed by atoms with E-state index < -0.39 is 5.97 Å². The van der Waals surface area contributed by atoms with Crippen LogP contribution < -0.4 is 4.74 Å². The third-order valence-electron chi connectivity index (χ3n) is 1.87. The van der Waals surface area contributed by atoms with Gasteiger partial charge in [-0.2, -0.15) is 0 Å². The number of carbonyl (C=O) groups excluding carboxylic acids is 1. The number of methoxy groups -OCH3 is 1. The summed E-state index contributed by atoms with van der Waals surface area (Å²) in [6, 6.07) is 4.84. The SMILES string of the molecule is C/C=C/c1ccc(OC)c(C(=O)OF)c1. The quantitative estimate of drug-likeness (QED) is 0.769. The highest BCUT2D eigenvalue weighted by atomic mass is 19.3. The molecular formula is C11H11FO3. The van der Waals surface area contributed by atoms with E-state index in [-0.39, 0.29) is 11.3 Å². The number of ether oxygens (including phenoxy) is 1. The minimum absolute atomic E-state index is 0.0654. The number of benzene rings is 1. The first-order valence-electron chi connectivity index (χ1n) is 4.36. The highest BCUT2D eigenvalue weighted by Crippen LogP contribution is 2.21. The van der Waals surface area contributed by atoms with Gasteiger partial charge in [0.25, 0.3) is 0 Å². The average Bonchev–Trinajstić information content (AvgIpc) is 2.28. The van der Waals surface area contributed by atoms with Gasteiger partial charge in [-0.3, -0.25) is 0 Å². The molecule has 0 N–H and O–H groups in total. The van der Waals surface area contributed by atoms with E-state index in [0.29, 0.717) is 0 Å². The Morgan fingerprint density at radius 3 is 2.73 bits per heavy atom. The van der Waals surface area contributed by atoms with Crippen molar-refractivity contribution in [1.82, 2.24) is 0 Å². The fraction of sp³-hybridized carbons (Fsp3) is 0.182. The monoisotopic (exact) mass is 210 g/mol. The highest BCUT2D eigenvalue weighted by Gasteiger charge is 2.14. The third-order valence-corrected chi connectivity index (χ3v) is 1.87. The van der Waals surface area contributed by atoms with E-state index in [2.05, 4.69) is 4.94 Å². The van der Waals surface area contributed by atoms with Crippen LogP contribution in [0.25, 0.3) is 6.08 Å². The van der Waals surface area contributed by atoms with Crippen LogP contribution in [0.2, 0.25) is 0 Å². The lowest BCUT2D eigenvalue weighted by Gasteiger charge is -2.05. The summed E-state index contributed by atoms with van der Waals surface area (Å²) in [6.07, 6.45) is 3.60. The van der Waals surface area contributed by atoms with E-state index in [1.54, 1.807) is 18.2 Å². The summed E-state index contributed by atoms with van der Waals surface area (Å²) in [4.78, 5) is 14.2. The second kappa shape index (κ2) is 5.14. The molecule has 0 aromatic heterocycles. The van der Waals surface area contributed by atoms with Crippen LogP contribution in [-0.2, 0) is 4.94 Å². The summed E-state index contributed by atoms with van der Waals surface area (Å²) < 4.78 is 16.7. The van der Waals surface area contributed by atoms with Crippen molar-refractivity contribution in [2.24, 2.45) is 0 Å². The molecule has 0 bridgehead atoms. The Balaban J connectivity index is 3.18. The summed E-state index contributed by atoms with van der Waals surface area (Å²) in [6.45, 7) is 1.84. The molecule has 80 valence electrons. The van der Waals surface area contributed by atoms with Crippen molar-refractivity contribution in [3.05, 3.63) is 35.4 Å². The lowest BCUT2D eigenvalue weighted by molar-refractivity contribution is -0.0789. The van der Waals surface area contributed by atoms with Gasteiger partial charge in [0, 0.05) is 4.53 Å². The van der Waals surface area contributed by atoms with Gasteiger partial charge in [0.05, 0.1) is 7.11 Å². The van der Waals surface area contributed by atoms with Gasteiger partial charge in [0.1, 0.15) is 11.3 Å². The predicted molar refractivity (Wildman–Crippen MR) is 54.2 cm³/mol. The molecule has 0 fully saturated rings. The van der Waals surface area contributed by atoms with Crippen molar-refractivity contribution >= 4 is 12.0 Å². The van der Waals surface area contributed by atoms with Gasteiger partial charge in [0.2, 0.25) is 0 Å². The summed E-state index contributed by atoms with van der Waals surface area (Å²) in [5.74, 6) is -0.774. The van der Waals surface area contributed by atoms with Crippen molar-refractivity contribution in [2.45, 2.75) is 6.92 Å². The van der Waals surface area contributed by atoms with Crippen LogP contribution >= 0.6 is 0 Å². The van der Waals surface area contributed by atoms with Crippen molar-refractivity contribution < 1.29 is 19.0 Å². The second-order valence-electron chi connectivity index (χ2n) is 2.82. The fourth-order valence-electron chi connectivity index (χ4n) is 1.22. The van der Waals surface area contributed by atoms with Gasteiger partial charge in [-0.25, -0.2) is 9.74 Å². The Morgan fingerprint density at radius 1 is 1.47 bits per heavy atom. The van der Waals surface area contributed by atoms with Crippen LogP contribution in [0.15, 0.2) is 24.3 Å². The lowest BCUT2D eigenvalue weighted by Crippen LogP contribution is -2.02. The van der Waals surface area contributed by atoms with E-state index in [1.165, 1.54) is 13.2 Å². The molecule has 1 aromatic rings. The Morgan fingerprint density at radius 2 is 2.20 bits per heavy atom. The first-order valence-corrected chi connectivity index (χ1v) is 4.36. The zero-order chi connectivity index (χ0) is 11.3. The minimum Gasteiger partial charge on any atom is -0.496 e. The van der Waals surface area contributed by atoms with Crippen molar-refractivity contribution in [2.75, 3.05) is 7.11 Å². The van der Waals surface area contributed by atoms with Crippen molar-refractivity contribution in [3.8, 4) is 5.75 Å². The summed E-state index contributed by atoms with van der Waals surface area (Å²) >= 11 is 0. The Hall–Kier alpha value is -1.84. The van der Waals surface area contributed by atoms with Crippen LogP contribution in [0.4, 0.5) is 4.53 Å². The average molecular weight is 210 g/mol. The molecule has 0 spiro atoms. The molecule has 3 nitrogen and oxygen atoms in total. The molecule has 0 saturated heterocycles. The Bertz CT molecular complexity index is 385. The van der Waals surface area contributed by atoms with Gasteiger partial charge >= 0.3 is 5.97 Å². The van der Waals surface area contributed by atoms with Crippen LogP contribution in [0, 0.1) is 0 Å². The number of hydrogen-bond donors (Lipinski definition) is 0. The molecule has 4 heteroatoms. The van der Waals surface area contributed by atoms with E-state index >= 15 is 0 Å². The molecule has 0 atom stereocenters. The van der Waals surface area contributed by atoms with Gasteiger partial charge in [0.15, 0.2) is 0 Å². The third kappa shape index (κ3) is 2.56. The smallest absolute Gasteiger partial charge is 0.383 e. The minimum atomic E-state index is -1.06. The fourth-order valence-corrected chi connectivity index (χ4v) is 1.22. The van der Waals surface area contributed by atoms with Gasteiger partial charge in [-0.15, -0.1) is 0 Å². The van der Waals surface area contributed by atoms with Crippen molar-refractivity contribution in [3.63, 3.8) is 0 Å². The van der Waals surface area contributed by atoms with Crippen LogP contribution in [-0.4, -0.2) is 13.1 Å². The number of allylic oxidation sites excluding steroid dienone is 1. The molecule has 0 unspecified atom stereocenters. The van der Waals surface area contributed by atoms with Crippen molar-refractivity contribution in [1.29, 1.82) is 0 Å². The number of halogens is 1. The van der Waals surface area contributed by atoms with Gasteiger partial charge in [-0.1, -0.05) is 18.2 Å². The van der Waals surface area contributed by atoms with Crippen LogP contribution in [0.3, 0.4) is 0 Å². The molecule has 0 saturated carbocycles. The normalized spacial score (nSPS) is 10.3. The first kappa shape index (κ1) is 11.2.